The number of piperidine rings is 1. The Kier molecular flexibility index (Phi) is 3.91. The highest BCUT2D eigenvalue weighted by molar-refractivity contribution is 5.84. The van der Waals surface area contributed by atoms with Crippen molar-refractivity contribution in [2.45, 2.75) is 56.9 Å². The van der Waals surface area contributed by atoms with E-state index in [1.54, 1.807) is 0 Å². The first-order chi connectivity index (χ1) is 14.6. The van der Waals surface area contributed by atoms with E-state index in [2.05, 4.69) is 43.9 Å². The Morgan fingerprint density at radius 1 is 1.23 bits per heavy atom. The Hall–Kier alpha value is -2.90. The lowest BCUT2D eigenvalue weighted by molar-refractivity contribution is -0.133. The maximum Gasteiger partial charge on any atom is 0.316 e. The van der Waals surface area contributed by atoms with Gasteiger partial charge in [0, 0.05) is 24.4 Å². The van der Waals surface area contributed by atoms with Gasteiger partial charge in [0.2, 0.25) is 11.8 Å². The number of nitrogens with zero attached hydrogens (tertiary/aromatic N) is 4. The van der Waals surface area contributed by atoms with Crippen LogP contribution in [-0.2, 0) is 4.79 Å². The van der Waals surface area contributed by atoms with Crippen molar-refractivity contribution < 1.29 is 9.21 Å². The van der Waals surface area contributed by atoms with Crippen LogP contribution < -0.4 is 5.32 Å². The van der Waals surface area contributed by atoms with Crippen molar-refractivity contribution in [3.8, 4) is 0 Å². The van der Waals surface area contributed by atoms with Gasteiger partial charge in [-0.15, -0.1) is 5.10 Å². The number of aromatic nitrogens is 4. The lowest BCUT2D eigenvalue weighted by Gasteiger charge is -2.33. The van der Waals surface area contributed by atoms with Crippen LogP contribution in [0, 0.1) is 5.41 Å². The lowest BCUT2D eigenvalue weighted by atomic mass is 9.93. The number of carbonyl (C=O) groups is 1. The molecule has 0 bridgehead atoms. The van der Waals surface area contributed by atoms with E-state index in [1.807, 2.05) is 18.0 Å². The number of aromatic amines is 1. The van der Waals surface area contributed by atoms with Crippen LogP contribution in [0.15, 0.2) is 28.8 Å². The number of carbonyl (C=O) groups excluding carboxylic acids is 1. The van der Waals surface area contributed by atoms with Gasteiger partial charge < -0.3 is 14.6 Å². The van der Waals surface area contributed by atoms with Gasteiger partial charge in [-0.05, 0) is 55.9 Å². The van der Waals surface area contributed by atoms with Crippen molar-refractivity contribution >= 4 is 22.8 Å². The van der Waals surface area contributed by atoms with Crippen LogP contribution in [-0.4, -0.2) is 50.3 Å². The number of fused-ring (bicyclic) bond motifs is 1. The largest absolute Gasteiger partial charge is 0.408 e. The first-order valence-corrected chi connectivity index (χ1v) is 10.9. The Morgan fingerprint density at radius 2 is 2.07 bits per heavy atom. The summed E-state index contributed by atoms with van der Waals surface area (Å²) in [6.45, 7) is 3.60. The molecule has 0 radical (unpaired) electrons. The normalized spacial score (nSPS) is 25.4. The maximum atomic E-state index is 12.8. The third kappa shape index (κ3) is 3.05. The van der Waals surface area contributed by atoms with Crippen LogP contribution in [0.3, 0.4) is 0 Å². The zero-order chi connectivity index (χ0) is 20.3. The smallest absolute Gasteiger partial charge is 0.316 e. The molecule has 3 atom stereocenters. The zero-order valence-electron chi connectivity index (χ0n) is 17.1. The van der Waals surface area contributed by atoms with Gasteiger partial charge >= 0.3 is 6.01 Å². The van der Waals surface area contributed by atoms with Gasteiger partial charge in [-0.25, -0.2) is 0 Å². The Bertz CT molecular complexity index is 1090. The maximum absolute atomic E-state index is 12.8. The molecule has 3 heterocycles. The fourth-order valence-corrected chi connectivity index (χ4v) is 4.95. The van der Waals surface area contributed by atoms with E-state index in [0.717, 1.165) is 43.3 Å². The molecule has 2 aliphatic carbocycles. The molecule has 2 aromatic heterocycles. The number of benzene rings is 1. The fraction of sp³-hybridized carbons (Fsp3) is 0.545. The molecule has 8 heteroatoms. The molecule has 0 unspecified atom stereocenters. The monoisotopic (exact) mass is 406 g/mol. The molecule has 30 heavy (non-hydrogen) atoms. The summed E-state index contributed by atoms with van der Waals surface area (Å²) in [5.41, 5.74) is 2.89. The summed E-state index contributed by atoms with van der Waals surface area (Å²) >= 11 is 0. The average molecular weight is 406 g/mol. The quantitative estimate of drug-likeness (QED) is 0.673. The number of amides is 1. The van der Waals surface area contributed by atoms with E-state index in [-0.39, 0.29) is 17.9 Å². The summed E-state index contributed by atoms with van der Waals surface area (Å²) in [6, 6.07) is 6.19. The molecule has 3 aliphatic rings. The summed E-state index contributed by atoms with van der Waals surface area (Å²) in [4.78, 5) is 14.8. The molecular formula is C22H26N6O2. The molecule has 3 fully saturated rings. The second-order valence-electron chi connectivity index (χ2n) is 9.27. The Balaban J connectivity index is 1.09. The molecule has 1 aliphatic heterocycles. The molecule has 1 spiro atoms. The number of H-pyrrole nitrogens is 1. The van der Waals surface area contributed by atoms with Crippen molar-refractivity contribution in [3.63, 3.8) is 0 Å². The van der Waals surface area contributed by atoms with Crippen molar-refractivity contribution in [1.82, 2.24) is 25.3 Å². The number of rotatable bonds is 5. The third-order valence-electron chi connectivity index (χ3n) is 7.26. The fourth-order valence-electron chi connectivity index (χ4n) is 4.95. The van der Waals surface area contributed by atoms with Gasteiger partial charge in [0.1, 0.15) is 6.04 Å². The van der Waals surface area contributed by atoms with Crippen LogP contribution >= 0.6 is 0 Å². The molecule has 1 aromatic carbocycles. The highest BCUT2D eigenvalue weighted by atomic mass is 16.4. The third-order valence-corrected chi connectivity index (χ3v) is 7.26. The van der Waals surface area contributed by atoms with Gasteiger partial charge in [0.25, 0.3) is 0 Å². The predicted octanol–water partition coefficient (Wildman–Crippen LogP) is 3.42. The van der Waals surface area contributed by atoms with Crippen LogP contribution in [0.2, 0.25) is 0 Å². The molecule has 156 valence electrons. The number of hydrogen-bond acceptors (Lipinski definition) is 6. The molecule has 3 aromatic rings. The SMILES string of the molecule is C[C@H](Nc1nnc([C@H]2C[C@H]2c2cccc3cn[nH]c23)o1)C(=O)N1CCC2(CC1)CC2. The van der Waals surface area contributed by atoms with E-state index in [4.69, 9.17) is 4.42 Å². The first kappa shape index (κ1) is 17.9. The minimum atomic E-state index is -0.375. The number of anilines is 1. The number of nitrogens with one attached hydrogen (secondary N) is 2. The number of hydrogen-bond donors (Lipinski definition) is 2. The van der Waals surface area contributed by atoms with Crippen LogP contribution in [0.25, 0.3) is 10.9 Å². The number of para-hydroxylation sites is 1. The Morgan fingerprint density at radius 3 is 2.87 bits per heavy atom. The van der Waals surface area contributed by atoms with Gasteiger partial charge in [0.15, 0.2) is 0 Å². The lowest BCUT2D eigenvalue weighted by Crippen LogP contribution is -2.45. The van der Waals surface area contributed by atoms with Gasteiger partial charge in [-0.2, -0.15) is 5.10 Å². The number of likely N-dealkylation sites (tertiary alicyclic amines) is 1. The van der Waals surface area contributed by atoms with E-state index in [1.165, 1.54) is 18.4 Å². The van der Waals surface area contributed by atoms with Gasteiger partial charge in [-0.1, -0.05) is 23.3 Å². The second-order valence-corrected chi connectivity index (χ2v) is 9.27. The summed E-state index contributed by atoms with van der Waals surface area (Å²) in [5.74, 6) is 1.31. The summed E-state index contributed by atoms with van der Waals surface area (Å²) < 4.78 is 5.87. The highest BCUT2D eigenvalue weighted by Crippen LogP contribution is 2.55. The first-order valence-electron chi connectivity index (χ1n) is 10.9. The topological polar surface area (TPSA) is 99.9 Å². The second kappa shape index (κ2) is 6.55. The van der Waals surface area contributed by atoms with Crippen LogP contribution in [0.5, 0.6) is 0 Å². The van der Waals surface area contributed by atoms with E-state index < -0.39 is 0 Å². The highest BCUT2D eigenvalue weighted by Gasteiger charge is 2.46. The molecule has 8 nitrogen and oxygen atoms in total. The minimum absolute atomic E-state index is 0.112. The average Bonchev–Trinajstić information content (AvgIpc) is 3.60. The van der Waals surface area contributed by atoms with Crippen LogP contribution in [0.1, 0.15) is 62.3 Å². The summed E-state index contributed by atoms with van der Waals surface area (Å²) in [5, 5.41) is 19.9. The van der Waals surface area contributed by atoms with Crippen molar-refractivity contribution in [3.05, 3.63) is 35.9 Å². The van der Waals surface area contributed by atoms with E-state index >= 15 is 0 Å². The van der Waals surface area contributed by atoms with E-state index in [9.17, 15) is 4.79 Å². The molecular weight excluding hydrogens is 380 g/mol. The van der Waals surface area contributed by atoms with Crippen molar-refractivity contribution in [2.75, 3.05) is 18.4 Å². The predicted molar refractivity (Wildman–Crippen MR) is 111 cm³/mol. The minimum Gasteiger partial charge on any atom is -0.408 e. The van der Waals surface area contributed by atoms with Gasteiger partial charge in [-0.3, -0.25) is 9.89 Å². The molecule has 1 saturated heterocycles. The molecule has 2 saturated carbocycles. The molecule has 6 rings (SSSR count). The Labute approximate surface area is 174 Å². The summed E-state index contributed by atoms with van der Waals surface area (Å²) in [7, 11) is 0. The van der Waals surface area contributed by atoms with Gasteiger partial charge in [0.05, 0.1) is 11.7 Å². The van der Waals surface area contributed by atoms with E-state index in [0.29, 0.717) is 23.2 Å². The van der Waals surface area contributed by atoms with Crippen LogP contribution in [0.4, 0.5) is 6.01 Å². The summed E-state index contributed by atoms with van der Waals surface area (Å²) in [6.07, 6.45) is 7.78. The van der Waals surface area contributed by atoms with Crippen molar-refractivity contribution in [1.29, 1.82) is 0 Å². The molecule has 2 N–H and O–H groups in total. The zero-order valence-corrected chi connectivity index (χ0v) is 17.1. The molecule has 1 amide bonds. The standard InChI is InChI=1S/C22H26N6O2/c1-13(20(29)28-9-7-22(5-6-22)8-10-28)24-21-27-26-19(30-21)17-11-16(17)15-4-2-3-14-12-23-25-18(14)15/h2-4,12-13,16-17H,5-11H2,1H3,(H,23,25)(H,24,27)/t13-,16-,17-/m0/s1. The van der Waals surface area contributed by atoms with Crippen molar-refractivity contribution in [2.24, 2.45) is 5.41 Å².